The molecule has 0 aliphatic heterocycles. The maximum atomic E-state index is 11.9. The van der Waals surface area contributed by atoms with Crippen LogP contribution >= 0.6 is 0 Å². The summed E-state index contributed by atoms with van der Waals surface area (Å²) in [5.74, 6) is -0.424. The molecule has 0 radical (unpaired) electrons. The first-order valence-electron chi connectivity index (χ1n) is 7.47. The van der Waals surface area contributed by atoms with Gasteiger partial charge in [0.1, 0.15) is 5.60 Å². The Bertz CT molecular complexity index is 584. The molecular formula is C16H22N4O3. The van der Waals surface area contributed by atoms with Gasteiger partial charge in [0.25, 0.3) is 5.91 Å². The summed E-state index contributed by atoms with van der Waals surface area (Å²) in [4.78, 5) is 26.1. The second-order valence-electron chi connectivity index (χ2n) is 6.04. The number of amides is 1. The van der Waals surface area contributed by atoms with Crippen LogP contribution in [0.2, 0.25) is 0 Å². The van der Waals surface area contributed by atoms with Crippen molar-refractivity contribution in [3.63, 3.8) is 0 Å². The van der Waals surface area contributed by atoms with E-state index < -0.39 is 5.60 Å². The number of nitrogens with zero attached hydrogens (tertiary/aromatic N) is 3. The lowest BCUT2D eigenvalue weighted by Gasteiger charge is -2.19. The van der Waals surface area contributed by atoms with Crippen LogP contribution in [0.25, 0.3) is 10.4 Å². The van der Waals surface area contributed by atoms with Crippen LogP contribution in [0.3, 0.4) is 0 Å². The number of nitrogens with one attached hydrogen (secondary N) is 1. The molecule has 7 nitrogen and oxygen atoms in total. The molecule has 1 aromatic rings. The Morgan fingerprint density at radius 2 is 1.87 bits per heavy atom. The lowest BCUT2D eigenvalue weighted by Crippen LogP contribution is -2.25. The lowest BCUT2D eigenvalue weighted by atomic mass is 10.1. The number of rotatable bonds is 7. The smallest absolute Gasteiger partial charge is 0.306 e. The second kappa shape index (κ2) is 8.80. The number of unbranched alkanes of at least 4 members (excludes halogenated alkanes) is 1. The van der Waals surface area contributed by atoms with E-state index in [1.54, 1.807) is 24.3 Å². The molecule has 23 heavy (non-hydrogen) atoms. The first-order chi connectivity index (χ1) is 10.8. The van der Waals surface area contributed by atoms with Gasteiger partial charge in [-0.3, -0.25) is 9.59 Å². The fourth-order valence-corrected chi connectivity index (χ4v) is 1.82. The predicted molar refractivity (Wildman–Crippen MR) is 87.3 cm³/mol. The number of hydrogen-bond donors (Lipinski definition) is 1. The summed E-state index contributed by atoms with van der Waals surface area (Å²) in [6, 6.07) is 6.36. The molecule has 124 valence electrons. The van der Waals surface area contributed by atoms with Crippen LogP contribution in [0.1, 0.15) is 50.4 Å². The number of benzene rings is 1. The fraction of sp³-hybridized carbons (Fsp3) is 0.500. The number of esters is 1. The van der Waals surface area contributed by atoms with E-state index in [2.05, 4.69) is 15.3 Å². The summed E-state index contributed by atoms with van der Waals surface area (Å²) in [5.41, 5.74) is 8.80. The zero-order valence-corrected chi connectivity index (χ0v) is 13.7. The Labute approximate surface area is 135 Å². The highest BCUT2D eigenvalue weighted by Crippen LogP contribution is 2.13. The van der Waals surface area contributed by atoms with Crippen molar-refractivity contribution in [1.29, 1.82) is 0 Å². The van der Waals surface area contributed by atoms with Crippen LogP contribution < -0.4 is 5.32 Å². The molecule has 0 aromatic heterocycles. The van der Waals surface area contributed by atoms with Crippen LogP contribution in [0.4, 0.5) is 5.69 Å². The molecule has 1 rings (SSSR count). The first-order valence-corrected chi connectivity index (χ1v) is 7.47. The normalized spacial score (nSPS) is 10.6. The van der Waals surface area contributed by atoms with Gasteiger partial charge >= 0.3 is 5.97 Å². The molecule has 1 amide bonds. The Kier molecular flexibility index (Phi) is 7.09. The van der Waals surface area contributed by atoms with Crippen molar-refractivity contribution in [1.82, 2.24) is 5.32 Å². The third kappa shape index (κ3) is 7.87. The number of ether oxygens (including phenoxy) is 1. The lowest BCUT2D eigenvalue weighted by molar-refractivity contribution is -0.154. The average Bonchev–Trinajstić information content (AvgIpc) is 2.46. The molecular weight excluding hydrogens is 296 g/mol. The molecule has 0 saturated heterocycles. The van der Waals surface area contributed by atoms with Gasteiger partial charge in [0, 0.05) is 29.1 Å². The van der Waals surface area contributed by atoms with E-state index in [9.17, 15) is 9.59 Å². The Morgan fingerprint density at radius 3 is 2.43 bits per heavy atom. The van der Waals surface area contributed by atoms with Gasteiger partial charge in [-0.25, -0.2) is 0 Å². The largest absolute Gasteiger partial charge is 0.460 e. The van der Waals surface area contributed by atoms with Crippen LogP contribution in [-0.2, 0) is 9.53 Å². The molecule has 7 heteroatoms. The highest BCUT2D eigenvalue weighted by molar-refractivity contribution is 5.94. The molecule has 0 spiro atoms. The van der Waals surface area contributed by atoms with Crippen LogP contribution in [0.15, 0.2) is 29.4 Å². The van der Waals surface area contributed by atoms with Crippen molar-refractivity contribution in [2.45, 2.75) is 45.6 Å². The van der Waals surface area contributed by atoms with E-state index in [1.807, 2.05) is 20.8 Å². The summed E-state index contributed by atoms with van der Waals surface area (Å²) in [7, 11) is 0. The van der Waals surface area contributed by atoms with Crippen molar-refractivity contribution in [3.8, 4) is 0 Å². The topological polar surface area (TPSA) is 104 Å². The van der Waals surface area contributed by atoms with Crippen LogP contribution in [0, 0.1) is 0 Å². The Balaban J connectivity index is 2.26. The van der Waals surface area contributed by atoms with Gasteiger partial charge < -0.3 is 10.1 Å². The SMILES string of the molecule is CC(C)(C)OC(=O)CCCCNC(=O)c1ccc(N=[N+]=[N-])cc1. The minimum absolute atomic E-state index is 0.199. The minimum Gasteiger partial charge on any atom is -0.460 e. The molecule has 1 N–H and O–H groups in total. The number of hydrogen-bond acceptors (Lipinski definition) is 4. The van der Waals surface area contributed by atoms with E-state index >= 15 is 0 Å². The molecule has 0 atom stereocenters. The summed E-state index contributed by atoms with van der Waals surface area (Å²) in [6.45, 7) is 5.98. The third-order valence-corrected chi connectivity index (χ3v) is 2.80. The van der Waals surface area contributed by atoms with Crippen LogP contribution in [-0.4, -0.2) is 24.0 Å². The molecule has 0 bridgehead atoms. The van der Waals surface area contributed by atoms with E-state index in [0.717, 1.165) is 0 Å². The van der Waals surface area contributed by atoms with Gasteiger partial charge in [-0.15, -0.1) is 0 Å². The van der Waals surface area contributed by atoms with Gasteiger partial charge in [-0.05, 0) is 51.3 Å². The molecule has 1 aromatic carbocycles. The standard InChI is InChI=1S/C16H22N4O3/c1-16(2,3)23-14(21)6-4-5-11-18-15(22)12-7-9-13(10-8-12)19-20-17/h7-10H,4-6,11H2,1-3H3,(H,18,22). The van der Waals surface area contributed by atoms with E-state index in [0.29, 0.717) is 37.1 Å². The fourth-order valence-electron chi connectivity index (χ4n) is 1.82. The first kappa shape index (κ1) is 18.5. The highest BCUT2D eigenvalue weighted by Gasteiger charge is 2.15. The molecule has 0 saturated carbocycles. The Morgan fingerprint density at radius 1 is 1.22 bits per heavy atom. The number of carbonyl (C=O) groups is 2. The average molecular weight is 318 g/mol. The third-order valence-electron chi connectivity index (χ3n) is 2.80. The molecule has 0 aliphatic rings. The van der Waals surface area contributed by atoms with Crippen molar-refractivity contribution < 1.29 is 14.3 Å². The minimum atomic E-state index is -0.465. The summed E-state index contributed by atoms with van der Waals surface area (Å²) >= 11 is 0. The van der Waals surface area contributed by atoms with Gasteiger partial charge in [0.05, 0.1) is 0 Å². The quantitative estimate of drug-likeness (QED) is 0.271. The monoisotopic (exact) mass is 318 g/mol. The zero-order chi connectivity index (χ0) is 17.3. The summed E-state index contributed by atoms with van der Waals surface area (Å²) in [6.07, 6.45) is 1.70. The number of carbonyl (C=O) groups excluding carboxylic acids is 2. The molecule has 0 aliphatic carbocycles. The van der Waals surface area contributed by atoms with Gasteiger partial charge in [-0.2, -0.15) is 0 Å². The van der Waals surface area contributed by atoms with Gasteiger partial charge in [-0.1, -0.05) is 17.2 Å². The van der Waals surface area contributed by atoms with E-state index in [1.165, 1.54) is 0 Å². The zero-order valence-electron chi connectivity index (χ0n) is 13.7. The summed E-state index contributed by atoms with van der Waals surface area (Å²) < 4.78 is 5.21. The van der Waals surface area contributed by atoms with Gasteiger partial charge in [0.2, 0.25) is 0 Å². The molecule has 0 heterocycles. The van der Waals surface area contributed by atoms with Crippen molar-refractivity contribution in [2.75, 3.05) is 6.54 Å². The van der Waals surface area contributed by atoms with Crippen molar-refractivity contribution in [3.05, 3.63) is 40.3 Å². The van der Waals surface area contributed by atoms with E-state index in [4.69, 9.17) is 10.3 Å². The molecule has 0 fully saturated rings. The van der Waals surface area contributed by atoms with Crippen molar-refractivity contribution in [2.24, 2.45) is 5.11 Å². The second-order valence-corrected chi connectivity index (χ2v) is 6.04. The predicted octanol–water partition coefficient (Wildman–Crippen LogP) is 3.87. The summed E-state index contributed by atoms with van der Waals surface area (Å²) in [5, 5.41) is 6.22. The van der Waals surface area contributed by atoms with E-state index in [-0.39, 0.29) is 11.9 Å². The number of azide groups is 1. The Hall–Kier alpha value is -2.53. The maximum absolute atomic E-state index is 11.9. The van der Waals surface area contributed by atoms with Gasteiger partial charge in [0.15, 0.2) is 0 Å². The van der Waals surface area contributed by atoms with Crippen LogP contribution in [0.5, 0.6) is 0 Å². The maximum Gasteiger partial charge on any atom is 0.306 e. The highest BCUT2D eigenvalue weighted by atomic mass is 16.6. The molecule has 0 unspecified atom stereocenters. The van der Waals surface area contributed by atoms with Crippen molar-refractivity contribution >= 4 is 17.6 Å².